The van der Waals surface area contributed by atoms with Gasteiger partial charge in [-0.25, -0.2) is 9.59 Å². The number of phenols is 1. The van der Waals surface area contributed by atoms with Gasteiger partial charge in [-0.3, -0.25) is 9.69 Å². The lowest BCUT2D eigenvalue weighted by Crippen LogP contribution is -2.56. The number of aryl methyl sites for hydroxylation is 2. The molecule has 0 aliphatic carbocycles. The maximum Gasteiger partial charge on any atom is 0.410 e. The number of nitrogens with one attached hydrogen (secondary N) is 1. The third-order valence-corrected chi connectivity index (χ3v) is 10.9. The van der Waals surface area contributed by atoms with Crippen LogP contribution in [0.5, 0.6) is 5.75 Å². The zero-order chi connectivity index (χ0) is 33.8. The van der Waals surface area contributed by atoms with E-state index >= 15 is 0 Å². The van der Waals surface area contributed by atoms with Crippen LogP contribution in [0.3, 0.4) is 0 Å². The number of likely N-dealkylation sites (tertiary alicyclic amines) is 2. The van der Waals surface area contributed by atoms with Crippen LogP contribution < -0.4 is 5.32 Å². The molecular formula is C37H52N6O5. The molecule has 4 heterocycles. The second-order valence-corrected chi connectivity index (χ2v) is 14.0. The van der Waals surface area contributed by atoms with E-state index in [1.165, 1.54) is 0 Å². The van der Waals surface area contributed by atoms with Crippen molar-refractivity contribution in [3.8, 4) is 5.75 Å². The van der Waals surface area contributed by atoms with Crippen LogP contribution in [0.2, 0.25) is 0 Å². The van der Waals surface area contributed by atoms with Crippen LogP contribution in [-0.2, 0) is 28.8 Å². The summed E-state index contributed by atoms with van der Waals surface area (Å²) in [5, 5.41) is 13.6. The Morgan fingerprint density at radius 3 is 2.31 bits per heavy atom. The molecule has 48 heavy (non-hydrogen) atoms. The molecule has 2 N–H and O–H groups in total. The quantitative estimate of drug-likeness (QED) is 0.461. The lowest BCUT2D eigenvalue weighted by molar-refractivity contribution is -0.143. The first-order chi connectivity index (χ1) is 23.2. The molecule has 6 rings (SSSR count). The molecule has 0 aromatic heterocycles. The third kappa shape index (κ3) is 7.73. The molecular weight excluding hydrogens is 608 g/mol. The fourth-order valence-corrected chi connectivity index (χ4v) is 7.88. The largest absolute Gasteiger partial charge is 0.507 e. The Morgan fingerprint density at radius 2 is 1.60 bits per heavy atom. The third-order valence-electron chi connectivity index (χ3n) is 10.9. The molecule has 4 aliphatic rings. The SMILES string of the molecule is CCc1cc(C[C@@H](OC(=O)N2CCC(N3CCc4ccccc4NC3=O)CC2)C(=O)N2CCN(C3CCN(C)CC3)CC2)cc(C)c1O. The monoisotopic (exact) mass is 660 g/mol. The molecule has 3 saturated heterocycles. The van der Waals surface area contributed by atoms with E-state index < -0.39 is 12.2 Å². The van der Waals surface area contributed by atoms with Crippen molar-refractivity contribution in [3.05, 3.63) is 58.7 Å². The van der Waals surface area contributed by atoms with Gasteiger partial charge in [-0.2, -0.15) is 0 Å². The van der Waals surface area contributed by atoms with Crippen LogP contribution in [0.15, 0.2) is 36.4 Å². The minimum Gasteiger partial charge on any atom is -0.507 e. The number of hydrogen-bond acceptors (Lipinski definition) is 7. The number of amides is 4. The summed E-state index contributed by atoms with van der Waals surface area (Å²) in [5.41, 5.74) is 4.42. The maximum absolute atomic E-state index is 14.1. The van der Waals surface area contributed by atoms with Gasteiger partial charge in [-0.05, 0) is 93.9 Å². The summed E-state index contributed by atoms with van der Waals surface area (Å²) in [5.74, 6) is 0.113. The zero-order valence-electron chi connectivity index (χ0n) is 28.8. The normalized spacial score (nSPS) is 21.0. The molecule has 0 unspecified atom stereocenters. The number of anilines is 1. The molecule has 4 amide bonds. The summed E-state index contributed by atoms with van der Waals surface area (Å²) in [6, 6.07) is 12.2. The van der Waals surface area contributed by atoms with Crippen molar-refractivity contribution in [1.82, 2.24) is 24.5 Å². The van der Waals surface area contributed by atoms with Gasteiger partial charge >= 0.3 is 12.1 Å². The van der Waals surface area contributed by atoms with Crippen molar-refractivity contribution in [2.24, 2.45) is 0 Å². The molecule has 2 aromatic carbocycles. The fourth-order valence-electron chi connectivity index (χ4n) is 7.88. The van der Waals surface area contributed by atoms with Crippen molar-refractivity contribution in [2.45, 2.75) is 77.0 Å². The first-order valence-corrected chi connectivity index (χ1v) is 17.8. The van der Waals surface area contributed by atoms with E-state index in [2.05, 4.69) is 22.2 Å². The number of carbonyl (C=O) groups is 3. The number of rotatable bonds is 7. The molecule has 260 valence electrons. The van der Waals surface area contributed by atoms with Gasteiger partial charge < -0.3 is 34.8 Å². The van der Waals surface area contributed by atoms with Gasteiger partial charge in [-0.15, -0.1) is 0 Å². The molecule has 0 saturated carbocycles. The van der Waals surface area contributed by atoms with E-state index in [4.69, 9.17) is 4.74 Å². The molecule has 4 aliphatic heterocycles. The Labute approximate surface area is 284 Å². The lowest BCUT2D eigenvalue weighted by Gasteiger charge is -2.42. The van der Waals surface area contributed by atoms with Gasteiger partial charge in [0.15, 0.2) is 6.10 Å². The van der Waals surface area contributed by atoms with Crippen LogP contribution in [-0.4, -0.2) is 132 Å². The molecule has 1 atom stereocenters. The molecule has 0 radical (unpaired) electrons. The van der Waals surface area contributed by atoms with Gasteiger partial charge in [0, 0.05) is 70.0 Å². The molecule has 2 aromatic rings. The Balaban J connectivity index is 1.09. The second-order valence-electron chi connectivity index (χ2n) is 14.0. The highest BCUT2D eigenvalue weighted by molar-refractivity contribution is 5.91. The average molecular weight is 661 g/mol. The Kier molecular flexibility index (Phi) is 10.8. The number of piperazine rings is 1. The lowest BCUT2D eigenvalue weighted by atomic mass is 9.98. The number of nitrogens with zero attached hydrogens (tertiary/aromatic N) is 5. The standard InChI is InChI=1S/C37H52N6O5/c1-4-28-24-27(23-26(2)34(28)44)25-33(35(45)41-21-19-40(20-22-41)30-10-14-39(3)15-11-30)48-37(47)42-16-12-31(13-17-42)43-18-9-29-7-5-6-8-32(29)38-36(43)46/h5-8,23-24,30-31,33,44H,4,9-22,25H2,1-3H3,(H,38,46)/t33-/m1/s1. The highest BCUT2D eigenvalue weighted by Gasteiger charge is 2.36. The predicted molar refractivity (Wildman–Crippen MR) is 185 cm³/mol. The summed E-state index contributed by atoms with van der Waals surface area (Å²) >= 11 is 0. The highest BCUT2D eigenvalue weighted by atomic mass is 16.6. The van der Waals surface area contributed by atoms with Crippen molar-refractivity contribution >= 4 is 23.7 Å². The van der Waals surface area contributed by atoms with Crippen molar-refractivity contribution in [3.63, 3.8) is 0 Å². The Bertz CT molecular complexity index is 1460. The van der Waals surface area contributed by atoms with Crippen LogP contribution >= 0.6 is 0 Å². The molecule has 3 fully saturated rings. The number of para-hydroxylation sites is 1. The molecule has 11 nitrogen and oxygen atoms in total. The van der Waals surface area contributed by atoms with E-state index in [-0.39, 0.29) is 30.2 Å². The number of carbonyl (C=O) groups excluding carboxylic acids is 3. The number of aromatic hydroxyl groups is 1. The fraction of sp³-hybridized carbons (Fsp3) is 0.595. The van der Waals surface area contributed by atoms with E-state index in [9.17, 15) is 19.5 Å². The number of ether oxygens (including phenoxy) is 1. The number of fused-ring (bicyclic) bond motifs is 1. The summed E-state index contributed by atoms with van der Waals surface area (Å²) < 4.78 is 6.09. The van der Waals surface area contributed by atoms with E-state index in [1.807, 2.05) is 60.0 Å². The number of piperidine rings is 2. The van der Waals surface area contributed by atoms with E-state index in [1.54, 1.807) is 4.90 Å². The van der Waals surface area contributed by atoms with E-state index in [0.717, 1.165) is 73.4 Å². The van der Waals surface area contributed by atoms with Crippen LogP contribution in [0.1, 0.15) is 54.9 Å². The Hall–Kier alpha value is -3.83. The molecule has 0 spiro atoms. The number of phenolic OH excluding ortho intramolecular Hbond substituents is 1. The number of hydrogen-bond donors (Lipinski definition) is 2. The smallest absolute Gasteiger partial charge is 0.410 e. The summed E-state index contributed by atoms with van der Waals surface area (Å²) in [7, 11) is 2.17. The second kappa shape index (κ2) is 15.2. The first-order valence-electron chi connectivity index (χ1n) is 17.8. The zero-order valence-corrected chi connectivity index (χ0v) is 28.8. The van der Waals surface area contributed by atoms with Gasteiger partial charge in [-0.1, -0.05) is 37.3 Å². The van der Waals surface area contributed by atoms with Gasteiger partial charge in [0.1, 0.15) is 5.75 Å². The summed E-state index contributed by atoms with van der Waals surface area (Å²) in [6.45, 7) is 10.5. The van der Waals surface area contributed by atoms with Crippen molar-refractivity contribution in [2.75, 3.05) is 71.3 Å². The van der Waals surface area contributed by atoms with Crippen LogP contribution in [0, 0.1) is 6.92 Å². The first kappa shape index (κ1) is 34.0. The van der Waals surface area contributed by atoms with Crippen LogP contribution in [0.25, 0.3) is 0 Å². The summed E-state index contributed by atoms with van der Waals surface area (Å²) in [4.78, 5) is 51.2. The highest BCUT2D eigenvalue weighted by Crippen LogP contribution is 2.28. The average Bonchev–Trinajstić information content (AvgIpc) is 3.27. The van der Waals surface area contributed by atoms with Gasteiger partial charge in [0.05, 0.1) is 0 Å². The van der Waals surface area contributed by atoms with Crippen LogP contribution in [0.4, 0.5) is 15.3 Å². The van der Waals surface area contributed by atoms with Gasteiger partial charge in [0.2, 0.25) is 0 Å². The molecule has 0 bridgehead atoms. The van der Waals surface area contributed by atoms with Gasteiger partial charge in [0.25, 0.3) is 5.91 Å². The van der Waals surface area contributed by atoms with Crippen molar-refractivity contribution in [1.29, 1.82) is 0 Å². The minimum atomic E-state index is -0.964. The molecule has 11 heteroatoms. The number of urea groups is 1. The Morgan fingerprint density at radius 1 is 0.917 bits per heavy atom. The predicted octanol–water partition coefficient (Wildman–Crippen LogP) is 4.10. The maximum atomic E-state index is 14.1. The topological polar surface area (TPSA) is 109 Å². The van der Waals surface area contributed by atoms with E-state index in [0.29, 0.717) is 58.0 Å². The number of benzene rings is 2. The van der Waals surface area contributed by atoms with Crippen molar-refractivity contribution < 1.29 is 24.2 Å². The summed E-state index contributed by atoms with van der Waals surface area (Å²) in [6.07, 6.45) is 3.83. The minimum absolute atomic E-state index is 0.0223.